The van der Waals surface area contributed by atoms with Crippen LogP contribution in [-0.2, 0) is 49.3 Å². The third-order valence-electron chi connectivity index (χ3n) is 16.8. The lowest BCUT2D eigenvalue weighted by Crippen LogP contribution is -2.65. The quantitative estimate of drug-likeness (QED) is 0.141. The van der Waals surface area contributed by atoms with E-state index in [0.717, 1.165) is 31.9 Å². The van der Waals surface area contributed by atoms with Gasteiger partial charge in [-0.25, -0.2) is 9.59 Å². The standard InChI is InChI=1S/C50H60F6O9/c1-28(2)38(65-41(59)48(62-10,50(54,55)56)30-19-15-12-16-20-30)33-26-45(7,60)39-34(63-33)25-43(5)35-23-21-31-32(46(35,8)36(57)27-44(39,43)6)22-24-37(42(31,3)4)64-40(58)47(61-9,49(51,52)53)29-17-13-11-14-18-29/h11-21,32-35,37-39,60H,1,22-27H2,2-10H3/t32-,33-,34-,35+,37+,38-,39+,43+,44-,45+,46+,47+,48+/m1/s1. The fraction of sp³-hybridized carbons (Fsp3) is 0.620. The zero-order valence-electron chi connectivity index (χ0n) is 38.3. The molecule has 2 aromatic rings. The molecule has 65 heavy (non-hydrogen) atoms. The minimum atomic E-state index is -5.23. The molecule has 15 heteroatoms. The maximum Gasteiger partial charge on any atom is 0.432 e. The Balaban J connectivity index is 1.18. The molecule has 13 atom stereocenters. The maximum atomic E-state index is 15.0. The van der Waals surface area contributed by atoms with Crippen LogP contribution < -0.4 is 0 Å². The summed E-state index contributed by atoms with van der Waals surface area (Å²) in [4.78, 5) is 42.8. The number of benzene rings is 2. The van der Waals surface area contributed by atoms with Crippen molar-refractivity contribution in [2.45, 2.75) is 141 Å². The van der Waals surface area contributed by atoms with Crippen LogP contribution in [0, 0.1) is 39.4 Å². The van der Waals surface area contributed by atoms with Crippen molar-refractivity contribution in [2.75, 3.05) is 14.2 Å². The van der Waals surface area contributed by atoms with Gasteiger partial charge in [0.15, 0.2) is 0 Å². The number of Topliss-reactive ketones (excluding diaryl/α,β-unsaturated/α-hetero) is 1. The van der Waals surface area contributed by atoms with Crippen molar-refractivity contribution in [2.24, 2.45) is 39.4 Å². The number of rotatable bonds is 10. The second kappa shape index (κ2) is 16.0. The zero-order chi connectivity index (χ0) is 48.1. The molecular formula is C50H60F6O9. The molecule has 1 heterocycles. The predicted molar refractivity (Wildman–Crippen MR) is 226 cm³/mol. The number of carbonyl (C=O) groups excluding carboxylic acids is 3. The number of ether oxygens (including phenoxy) is 5. The minimum Gasteiger partial charge on any atom is -0.459 e. The molecule has 7 rings (SSSR count). The highest BCUT2D eigenvalue weighted by molar-refractivity contribution is 5.88. The highest BCUT2D eigenvalue weighted by Gasteiger charge is 2.76. The average molecular weight is 919 g/mol. The van der Waals surface area contributed by atoms with Gasteiger partial charge in [0.25, 0.3) is 11.2 Å². The van der Waals surface area contributed by atoms with E-state index in [9.17, 15) is 41.0 Å². The fourth-order valence-electron chi connectivity index (χ4n) is 13.5. The van der Waals surface area contributed by atoms with Crippen LogP contribution in [0.15, 0.2) is 84.5 Å². The van der Waals surface area contributed by atoms with Gasteiger partial charge in [0.1, 0.15) is 24.1 Å². The number of ketones is 1. The highest BCUT2D eigenvalue weighted by atomic mass is 19.4. The first kappa shape index (κ1) is 48.9. The van der Waals surface area contributed by atoms with E-state index in [0.29, 0.717) is 19.3 Å². The smallest absolute Gasteiger partial charge is 0.432 e. The van der Waals surface area contributed by atoms with Gasteiger partial charge < -0.3 is 28.8 Å². The maximum absolute atomic E-state index is 15.0. The number of esters is 2. The van der Waals surface area contributed by atoms with Crippen molar-refractivity contribution in [3.63, 3.8) is 0 Å². The molecule has 4 aliphatic carbocycles. The van der Waals surface area contributed by atoms with Gasteiger partial charge in [-0.3, -0.25) is 4.79 Å². The monoisotopic (exact) mass is 918 g/mol. The molecule has 0 spiro atoms. The molecule has 1 aliphatic heterocycles. The van der Waals surface area contributed by atoms with Crippen LogP contribution in [0.2, 0.25) is 0 Å². The van der Waals surface area contributed by atoms with Crippen LogP contribution in [0.3, 0.4) is 0 Å². The Hall–Kier alpha value is -4.05. The third-order valence-corrected chi connectivity index (χ3v) is 16.8. The van der Waals surface area contributed by atoms with Crippen LogP contribution in [-0.4, -0.2) is 79.4 Å². The molecule has 3 saturated carbocycles. The average Bonchev–Trinajstić information content (AvgIpc) is 3.44. The van der Waals surface area contributed by atoms with Crippen LogP contribution in [0.4, 0.5) is 26.3 Å². The van der Waals surface area contributed by atoms with E-state index >= 15 is 4.79 Å². The number of hydrogen-bond donors (Lipinski definition) is 1. The Labute approximate surface area is 376 Å². The van der Waals surface area contributed by atoms with Crippen molar-refractivity contribution in [1.82, 2.24) is 0 Å². The number of aliphatic hydroxyl groups is 1. The highest BCUT2D eigenvalue weighted by Crippen LogP contribution is 2.75. The Morgan fingerprint density at radius 3 is 1.82 bits per heavy atom. The van der Waals surface area contributed by atoms with E-state index in [2.05, 4.69) is 13.5 Å². The number of allylic oxidation sites excluding steroid dienone is 1. The lowest BCUT2D eigenvalue weighted by molar-refractivity contribution is -0.282. The van der Waals surface area contributed by atoms with E-state index in [-0.39, 0.29) is 42.5 Å². The van der Waals surface area contributed by atoms with Crippen molar-refractivity contribution in [3.8, 4) is 0 Å². The molecule has 1 saturated heterocycles. The van der Waals surface area contributed by atoms with Crippen LogP contribution in [0.1, 0.15) is 98.1 Å². The third kappa shape index (κ3) is 6.97. The molecular weight excluding hydrogens is 859 g/mol. The molecule has 0 bridgehead atoms. The summed E-state index contributed by atoms with van der Waals surface area (Å²) in [5.41, 5.74) is -11.7. The summed E-state index contributed by atoms with van der Waals surface area (Å²) in [5, 5.41) is 12.5. The molecule has 356 valence electrons. The summed E-state index contributed by atoms with van der Waals surface area (Å²) in [6, 6.07) is 13.1. The van der Waals surface area contributed by atoms with Gasteiger partial charge in [-0.15, -0.1) is 0 Å². The van der Waals surface area contributed by atoms with Crippen molar-refractivity contribution in [3.05, 3.63) is 95.6 Å². The predicted octanol–water partition coefficient (Wildman–Crippen LogP) is 9.90. The summed E-state index contributed by atoms with van der Waals surface area (Å²) in [6.45, 7) is 16.8. The Morgan fingerprint density at radius 1 is 0.800 bits per heavy atom. The first-order valence-corrected chi connectivity index (χ1v) is 22.1. The van der Waals surface area contributed by atoms with Gasteiger partial charge in [-0.1, -0.05) is 114 Å². The molecule has 0 amide bonds. The van der Waals surface area contributed by atoms with Crippen molar-refractivity contribution >= 4 is 17.7 Å². The summed E-state index contributed by atoms with van der Waals surface area (Å²) < 4.78 is 118. The lowest BCUT2D eigenvalue weighted by Gasteiger charge is -2.65. The number of fused-ring (bicyclic) bond motifs is 7. The van der Waals surface area contributed by atoms with Crippen molar-refractivity contribution in [1.29, 1.82) is 0 Å². The fourth-order valence-corrected chi connectivity index (χ4v) is 13.5. The Bertz CT molecular complexity index is 2220. The summed E-state index contributed by atoms with van der Waals surface area (Å²) >= 11 is 0. The van der Waals surface area contributed by atoms with E-state index in [1.54, 1.807) is 6.92 Å². The largest absolute Gasteiger partial charge is 0.459 e. The number of methoxy groups -OCH3 is 2. The summed E-state index contributed by atoms with van der Waals surface area (Å²) in [5.74, 6) is -4.59. The number of carbonyl (C=O) groups is 3. The molecule has 5 aliphatic rings. The van der Waals surface area contributed by atoms with Gasteiger partial charge in [0.05, 0.1) is 11.7 Å². The molecule has 4 fully saturated rings. The SMILES string of the molecule is C=C(C)[C@@H](OC(=O)[C@@](OC)(c1ccccc1)C(F)(F)F)[C@H]1C[C@](C)(O)[C@H]2[C@@H](C[C@@]3(C)[C@@H]4CC=C5[C@@H](CC[C@H](OC(=O)[C@@](OC)(c6ccccc6)C(F)(F)F)C5(C)C)[C@]4(C)C(=O)C[C@]23C)O1. The van der Waals surface area contributed by atoms with E-state index in [1.165, 1.54) is 55.5 Å². The van der Waals surface area contributed by atoms with E-state index < -0.39 is 104 Å². The lowest BCUT2D eigenvalue weighted by atomic mass is 9.38. The molecule has 2 aromatic carbocycles. The Kier molecular flexibility index (Phi) is 12.1. The molecule has 0 aromatic heterocycles. The second-order valence-corrected chi connectivity index (χ2v) is 20.5. The van der Waals surface area contributed by atoms with Gasteiger partial charge in [0.2, 0.25) is 0 Å². The first-order valence-electron chi connectivity index (χ1n) is 22.1. The molecule has 9 nitrogen and oxygen atoms in total. The zero-order valence-corrected chi connectivity index (χ0v) is 38.3. The number of halogens is 6. The van der Waals surface area contributed by atoms with Gasteiger partial charge in [0, 0.05) is 54.9 Å². The second-order valence-electron chi connectivity index (χ2n) is 20.5. The van der Waals surface area contributed by atoms with Crippen molar-refractivity contribution < 1.29 is 69.5 Å². The van der Waals surface area contributed by atoms with Crippen LogP contribution in [0.25, 0.3) is 0 Å². The van der Waals surface area contributed by atoms with E-state index in [1.807, 2.05) is 33.8 Å². The minimum absolute atomic E-state index is 0.0276. The summed E-state index contributed by atoms with van der Waals surface area (Å²) in [6.07, 6.45) is -11.4. The van der Waals surface area contributed by atoms with Crippen LogP contribution in [0.5, 0.6) is 0 Å². The topological polar surface area (TPSA) is 118 Å². The first-order chi connectivity index (χ1) is 30.1. The molecule has 0 radical (unpaired) electrons. The van der Waals surface area contributed by atoms with E-state index in [4.69, 9.17) is 23.7 Å². The number of hydrogen-bond acceptors (Lipinski definition) is 9. The molecule has 0 unspecified atom stereocenters. The molecule has 1 N–H and O–H groups in total. The number of alkyl halides is 6. The Morgan fingerprint density at radius 2 is 1.32 bits per heavy atom. The van der Waals surface area contributed by atoms with Crippen LogP contribution >= 0.6 is 0 Å². The van der Waals surface area contributed by atoms with Gasteiger partial charge >= 0.3 is 24.3 Å². The van der Waals surface area contributed by atoms with Gasteiger partial charge in [-0.2, -0.15) is 26.3 Å². The summed E-state index contributed by atoms with van der Waals surface area (Å²) in [7, 11) is 1.60. The van der Waals surface area contributed by atoms with Gasteiger partial charge in [-0.05, 0) is 67.8 Å². The normalized spacial score (nSPS) is 36.6.